The molecular weight excluding hydrogens is 314 g/mol. The monoisotopic (exact) mass is 343 g/mol. The smallest absolute Gasteiger partial charge is 0.129 e. The quantitative estimate of drug-likeness (QED) is 0.737. The fourth-order valence-electron chi connectivity index (χ4n) is 3.50. The number of pyridine rings is 1. The van der Waals surface area contributed by atoms with Crippen LogP contribution in [-0.2, 0) is 24.3 Å². The Kier molecular flexibility index (Phi) is 6.62. The lowest BCUT2D eigenvalue weighted by molar-refractivity contribution is 0.104. The molecule has 0 aliphatic carbocycles. The largest absolute Gasteiger partial charge is 0.462 e. The molecule has 3 heterocycles. The Morgan fingerprint density at radius 2 is 2.16 bits per heavy atom. The van der Waals surface area contributed by atoms with E-state index in [1.54, 1.807) is 7.11 Å². The molecule has 1 aliphatic rings. The van der Waals surface area contributed by atoms with Gasteiger partial charge >= 0.3 is 0 Å². The van der Waals surface area contributed by atoms with Crippen LogP contribution in [0.15, 0.2) is 40.9 Å². The topological polar surface area (TPSA) is 41.7 Å². The van der Waals surface area contributed by atoms with Crippen LogP contribution in [0.3, 0.4) is 0 Å². The van der Waals surface area contributed by atoms with Gasteiger partial charge in [0.25, 0.3) is 0 Å². The summed E-state index contributed by atoms with van der Waals surface area (Å²) in [5.74, 6) is 1.93. The van der Waals surface area contributed by atoms with Crippen LogP contribution >= 0.6 is 0 Å². The summed E-state index contributed by atoms with van der Waals surface area (Å²) in [6.07, 6.45) is 5.39. The summed E-state index contributed by atoms with van der Waals surface area (Å²) in [6.45, 7) is 4.71. The second-order valence-corrected chi connectivity index (χ2v) is 6.88. The maximum atomic E-state index is 5.84. The van der Waals surface area contributed by atoms with Gasteiger partial charge in [0.05, 0.1) is 6.54 Å². The van der Waals surface area contributed by atoms with Gasteiger partial charge in [0.1, 0.15) is 18.1 Å². The highest BCUT2D eigenvalue weighted by Gasteiger charge is 2.23. The minimum atomic E-state index is 0.541. The molecule has 1 fully saturated rings. The Hall–Kier alpha value is -1.69. The first kappa shape index (κ1) is 18.1. The first-order valence-electron chi connectivity index (χ1n) is 9.13. The minimum Gasteiger partial charge on any atom is -0.462 e. The number of ether oxygens (including phenoxy) is 1. The number of nitrogens with zero attached hydrogens (tertiary/aromatic N) is 3. The number of aromatic nitrogens is 1. The van der Waals surface area contributed by atoms with E-state index >= 15 is 0 Å². The van der Waals surface area contributed by atoms with Crippen LogP contribution in [0.5, 0.6) is 0 Å². The number of likely N-dealkylation sites (N-methyl/N-ethyl adjacent to an activating group) is 1. The van der Waals surface area contributed by atoms with E-state index in [0.29, 0.717) is 12.6 Å². The maximum absolute atomic E-state index is 5.84. The van der Waals surface area contributed by atoms with Crippen molar-refractivity contribution in [2.45, 2.75) is 38.5 Å². The van der Waals surface area contributed by atoms with Crippen molar-refractivity contribution in [1.82, 2.24) is 14.8 Å². The number of piperidine rings is 1. The van der Waals surface area contributed by atoms with Crippen LogP contribution < -0.4 is 0 Å². The molecule has 5 nitrogen and oxygen atoms in total. The zero-order chi connectivity index (χ0) is 17.5. The Balaban J connectivity index is 1.48. The van der Waals surface area contributed by atoms with Crippen molar-refractivity contribution in [1.29, 1.82) is 0 Å². The first-order valence-corrected chi connectivity index (χ1v) is 9.13. The van der Waals surface area contributed by atoms with E-state index in [2.05, 4.69) is 40.0 Å². The molecule has 2 aromatic rings. The molecule has 0 saturated carbocycles. The lowest BCUT2D eigenvalue weighted by Crippen LogP contribution is -2.46. The van der Waals surface area contributed by atoms with Gasteiger partial charge in [-0.25, -0.2) is 0 Å². The highest BCUT2D eigenvalue weighted by molar-refractivity contribution is 5.07. The highest BCUT2D eigenvalue weighted by Crippen LogP contribution is 2.19. The van der Waals surface area contributed by atoms with Crippen molar-refractivity contribution in [2.24, 2.45) is 0 Å². The fourth-order valence-corrected chi connectivity index (χ4v) is 3.50. The molecule has 0 aromatic carbocycles. The number of hydrogen-bond donors (Lipinski definition) is 0. The molecular formula is C20H29N3O2. The first-order chi connectivity index (χ1) is 12.2. The van der Waals surface area contributed by atoms with Gasteiger partial charge in [-0.1, -0.05) is 6.07 Å². The Bertz CT molecular complexity index is 629. The number of methoxy groups -OCH3 is 1. The number of hydrogen-bond acceptors (Lipinski definition) is 5. The van der Waals surface area contributed by atoms with Crippen LogP contribution in [0.1, 0.15) is 30.1 Å². The van der Waals surface area contributed by atoms with Crippen molar-refractivity contribution < 1.29 is 9.15 Å². The van der Waals surface area contributed by atoms with Crippen molar-refractivity contribution in [3.05, 3.63) is 53.7 Å². The number of rotatable bonds is 8. The summed E-state index contributed by atoms with van der Waals surface area (Å²) < 4.78 is 11.0. The summed E-state index contributed by atoms with van der Waals surface area (Å²) in [4.78, 5) is 9.41. The minimum absolute atomic E-state index is 0.541. The van der Waals surface area contributed by atoms with Crippen molar-refractivity contribution in [3.63, 3.8) is 0 Å². The van der Waals surface area contributed by atoms with Gasteiger partial charge in [0.15, 0.2) is 0 Å². The van der Waals surface area contributed by atoms with Gasteiger partial charge in [-0.3, -0.25) is 9.88 Å². The third kappa shape index (κ3) is 5.39. The van der Waals surface area contributed by atoms with E-state index in [0.717, 1.165) is 44.1 Å². The summed E-state index contributed by atoms with van der Waals surface area (Å²) in [5.41, 5.74) is 1.17. The molecule has 2 aromatic heterocycles. The van der Waals surface area contributed by atoms with E-state index in [9.17, 15) is 0 Å². The summed E-state index contributed by atoms with van der Waals surface area (Å²) in [7, 11) is 3.93. The molecule has 0 amide bonds. The fraction of sp³-hybridized carbons (Fsp3) is 0.550. The van der Waals surface area contributed by atoms with E-state index < -0.39 is 0 Å². The van der Waals surface area contributed by atoms with Crippen LogP contribution in [0, 0.1) is 0 Å². The summed E-state index contributed by atoms with van der Waals surface area (Å²) >= 11 is 0. The van der Waals surface area contributed by atoms with Gasteiger partial charge < -0.3 is 14.1 Å². The average molecular weight is 343 g/mol. The number of likely N-dealkylation sites (tertiary alicyclic amines) is 1. The van der Waals surface area contributed by atoms with Crippen molar-refractivity contribution in [3.8, 4) is 0 Å². The Morgan fingerprint density at radius 1 is 1.28 bits per heavy atom. The molecule has 136 valence electrons. The van der Waals surface area contributed by atoms with Crippen LogP contribution in [-0.4, -0.2) is 54.6 Å². The molecule has 25 heavy (non-hydrogen) atoms. The average Bonchev–Trinajstić information content (AvgIpc) is 3.08. The third-order valence-corrected chi connectivity index (χ3v) is 4.93. The lowest BCUT2D eigenvalue weighted by Gasteiger charge is -2.37. The molecule has 1 aliphatic heterocycles. The van der Waals surface area contributed by atoms with Crippen LogP contribution in [0.4, 0.5) is 0 Å². The zero-order valence-corrected chi connectivity index (χ0v) is 15.4. The molecule has 1 saturated heterocycles. The van der Waals surface area contributed by atoms with Gasteiger partial charge in [0.2, 0.25) is 0 Å². The van der Waals surface area contributed by atoms with E-state index in [-0.39, 0.29) is 0 Å². The van der Waals surface area contributed by atoms with Gasteiger partial charge in [0, 0.05) is 44.6 Å². The second kappa shape index (κ2) is 9.13. The highest BCUT2D eigenvalue weighted by atomic mass is 16.5. The Morgan fingerprint density at radius 3 is 2.96 bits per heavy atom. The van der Waals surface area contributed by atoms with Crippen LogP contribution in [0.2, 0.25) is 0 Å². The molecule has 5 heteroatoms. The van der Waals surface area contributed by atoms with E-state index in [1.165, 1.54) is 18.5 Å². The second-order valence-electron chi connectivity index (χ2n) is 6.88. The SMILES string of the molecule is COCc1ccc(CN2CCC[C@@H](N(C)CCc3ccccn3)C2)o1. The summed E-state index contributed by atoms with van der Waals surface area (Å²) in [6, 6.07) is 10.8. The van der Waals surface area contributed by atoms with Crippen molar-refractivity contribution in [2.75, 3.05) is 33.8 Å². The zero-order valence-electron chi connectivity index (χ0n) is 15.4. The third-order valence-electron chi connectivity index (χ3n) is 4.93. The summed E-state index contributed by atoms with van der Waals surface area (Å²) in [5, 5.41) is 0. The normalized spacial score (nSPS) is 18.8. The molecule has 3 rings (SSSR count). The predicted octanol–water partition coefficient (Wildman–Crippen LogP) is 2.96. The van der Waals surface area contributed by atoms with E-state index in [4.69, 9.17) is 9.15 Å². The molecule has 0 radical (unpaired) electrons. The van der Waals surface area contributed by atoms with Gasteiger partial charge in [-0.15, -0.1) is 0 Å². The van der Waals surface area contributed by atoms with Crippen LogP contribution in [0.25, 0.3) is 0 Å². The Labute approximate surface area is 150 Å². The van der Waals surface area contributed by atoms with E-state index in [1.807, 2.05) is 18.3 Å². The van der Waals surface area contributed by atoms with Crippen molar-refractivity contribution >= 4 is 0 Å². The molecule has 0 spiro atoms. The molecule has 1 atom stereocenters. The standard InChI is InChI=1S/C20H29N3O2/c1-22(13-10-17-6-3-4-11-21-17)18-7-5-12-23(14-18)15-19-8-9-20(25-19)16-24-2/h3-4,6,8-9,11,18H,5,7,10,12-16H2,1-2H3/t18-/m1/s1. The predicted molar refractivity (Wildman–Crippen MR) is 98.3 cm³/mol. The molecule has 0 bridgehead atoms. The van der Waals surface area contributed by atoms with Gasteiger partial charge in [-0.2, -0.15) is 0 Å². The molecule has 0 N–H and O–H groups in total. The molecule has 0 unspecified atom stereocenters. The van der Waals surface area contributed by atoms with Gasteiger partial charge in [-0.05, 0) is 50.7 Å². The lowest BCUT2D eigenvalue weighted by atomic mass is 10.0. The number of furan rings is 1. The maximum Gasteiger partial charge on any atom is 0.129 e.